The number of amides is 1. The Morgan fingerprint density at radius 2 is 2.23 bits per heavy atom. The second kappa shape index (κ2) is 4.86. The van der Waals surface area contributed by atoms with Gasteiger partial charge in [0.05, 0.1) is 7.11 Å². The van der Waals surface area contributed by atoms with E-state index in [9.17, 15) is 9.59 Å². The Bertz CT molecular complexity index is 878. The van der Waals surface area contributed by atoms with Crippen molar-refractivity contribution in [3.05, 3.63) is 54.6 Å². The Hall–Kier alpha value is -2.40. The summed E-state index contributed by atoms with van der Waals surface area (Å²) in [5.41, 5.74) is -0.390. The molecule has 1 N–H and O–H groups in total. The number of nitrogens with zero attached hydrogens (tertiary/aromatic N) is 1. The number of ether oxygens (including phenoxy) is 1. The van der Waals surface area contributed by atoms with Gasteiger partial charge < -0.3 is 10.1 Å². The molecule has 0 radical (unpaired) electrons. The third kappa shape index (κ3) is 1.45. The molecule has 5 heteroatoms. The minimum absolute atomic E-state index is 0.0313. The number of esters is 1. The van der Waals surface area contributed by atoms with Crippen LogP contribution < -0.4 is 5.32 Å². The van der Waals surface area contributed by atoms with E-state index in [2.05, 4.69) is 35.0 Å². The molecule has 4 atom stereocenters. The first-order valence-electron chi connectivity index (χ1n) is 9.10. The van der Waals surface area contributed by atoms with E-state index in [1.807, 2.05) is 24.3 Å². The van der Waals surface area contributed by atoms with E-state index in [4.69, 9.17) is 4.74 Å². The molecule has 0 aromatic heterocycles. The van der Waals surface area contributed by atoms with Gasteiger partial charge in [-0.15, -0.1) is 6.58 Å². The van der Waals surface area contributed by atoms with Gasteiger partial charge in [-0.3, -0.25) is 14.5 Å². The molecule has 1 spiro atoms. The van der Waals surface area contributed by atoms with Gasteiger partial charge in [0.1, 0.15) is 0 Å². The second-order valence-corrected chi connectivity index (χ2v) is 7.91. The van der Waals surface area contributed by atoms with Gasteiger partial charge in [-0.05, 0) is 31.0 Å². The minimum atomic E-state index is -1.24. The Morgan fingerprint density at radius 3 is 3.00 bits per heavy atom. The number of fused-ring (bicyclic) bond motifs is 1. The molecule has 4 aliphatic rings. The summed E-state index contributed by atoms with van der Waals surface area (Å²) in [6, 6.07) is 7.93. The lowest BCUT2D eigenvalue weighted by atomic mass is 9.57. The molecule has 5 rings (SSSR count). The number of carbonyl (C=O) groups excluding carboxylic acids is 2. The van der Waals surface area contributed by atoms with Gasteiger partial charge in [0, 0.05) is 29.1 Å². The molecular weight excluding hydrogens is 328 g/mol. The van der Waals surface area contributed by atoms with Gasteiger partial charge in [0.25, 0.3) is 0 Å². The summed E-state index contributed by atoms with van der Waals surface area (Å²) in [4.78, 5) is 29.1. The van der Waals surface area contributed by atoms with Gasteiger partial charge in [0.15, 0.2) is 5.41 Å². The summed E-state index contributed by atoms with van der Waals surface area (Å²) in [7, 11) is 1.38. The van der Waals surface area contributed by atoms with Crippen LogP contribution in [0.1, 0.15) is 18.4 Å². The van der Waals surface area contributed by atoms with Crippen LogP contribution in [0, 0.1) is 10.8 Å². The van der Waals surface area contributed by atoms with Crippen molar-refractivity contribution in [1.82, 2.24) is 4.90 Å². The molecule has 1 aliphatic carbocycles. The molecule has 1 amide bonds. The molecule has 5 nitrogen and oxygen atoms in total. The number of benzene rings is 1. The Balaban J connectivity index is 1.90. The number of hydrogen-bond acceptors (Lipinski definition) is 4. The fourth-order valence-corrected chi connectivity index (χ4v) is 6.39. The summed E-state index contributed by atoms with van der Waals surface area (Å²) < 4.78 is 5.24. The molecule has 1 aromatic rings. The van der Waals surface area contributed by atoms with E-state index < -0.39 is 22.2 Å². The molecule has 1 unspecified atom stereocenters. The van der Waals surface area contributed by atoms with E-state index in [-0.39, 0.29) is 11.9 Å². The van der Waals surface area contributed by atoms with Crippen molar-refractivity contribution in [2.45, 2.75) is 24.3 Å². The van der Waals surface area contributed by atoms with E-state index in [0.29, 0.717) is 6.42 Å². The highest BCUT2D eigenvalue weighted by atomic mass is 16.5. The summed E-state index contributed by atoms with van der Waals surface area (Å²) >= 11 is 0. The Labute approximate surface area is 152 Å². The number of nitrogens with one attached hydrogen (secondary N) is 1. The van der Waals surface area contributed by atoms with Gasteiger partial charge >= 0.3 is 5.97 Å². The zero-order chi connectivity index (χ0) is 18.2. The van der Waals surface area contributed by atoms with Gasteiger partial charge in [-0.1, -0.05) is 36.4 Å². The van der Waals surface area contributed by atoms with Crippen molar-refractivity contribution >= 4 is 17.6 Å². The predicted molar refractivity (Wildman–Crippen MR) is 97.6 cm³/mol. The smallest absolute Gasteiger partial charge is 0.322 e. The molecule has 2 fully saturated rings. The first-order chi connectivity index (χ1) is 12.6. The summed E-state index contributed by atoms with van der Waals surface area (Å²) in [5.74, 6) is -0.677. The molecule has 26 heavy (non-hydrogen) atoms. The molecule has 1 saturated carbocycles. The highest BCUT2D eigenvalue weighted by molar-refractivity contribution is 6.14. The van der Waals surface area contributed by atoms with Crippen LogP contribution in [0.2, 0.25) is 0 Å². The lowest BCUT2D eigenvalue weighted by molar-refractivity contribution is -0.162. The topological polar surface area (TPSA) is 58.6 Å². The van der Waals surface area contributed by atoms with Crippen LogP contribution in [0.15, 0.2) is 49.1 Å². The molecule has 134 valence electrons. The molecular formula is C21H22N2O3. The SMILES string of the molecule is C=C[C@]12C=CCN3CC[C@@]4(c5ccccc5NC(=O)[C@@]4(C(=O)OC)C1)C32. The molecule has 3 aliphatic heterocycles. The monoisotopic (exact) mass is 350 g/mol. The van der Waals surface area contributed by atoms with Crippen molar-refractivity contribution in [2.75, 3.05) is 25.5 Å². The third-order valence-corrected chi connectivity index (χ3v) is 7.19. The first kappa shape index (κ1) is 15.8. The number of methoxy groups -OCH3 is 1. The predicted octanol–water partition coefficient (Wildman–Crippen LogP) is 2.26. The van der Waals surface area contributed by atoms with Crippen molar-refractivity contribution in [3.8, 4) is 0 Å². The van der Waals surface area contributed by atoms with Crippen molar-refractivity contribution in [1.29, 1.82) is 0 Å². The van der Waals surface area contributed by atoms with Gasteiger partial charge in [0.2, 0.25) is 5.91 Å². The van der Waals surface area contributed by atoms with E-state index in [1.165, 1.54) is 7.11 Å². The largest absolute Gasteiger partial charge is 0.468 e. The molecule has 1 aromatic carbocycles. The van der Waals surface area contributed by atoms with Crippen LogP contribution in [0.25, 0.3) is 0 Å². The lowest BCUT2D eigenvalue weighted by Crippen LogP contribution is -2.61. The van der Waals surface area contributed by atoms with Crippen LogP contribution in [0.4, 0.5) is 5.69 Å². The van der Waals surface area contributed by atoms with Crippen LogP contribution in [-0.2, 0) is 19.7 Å². The number of anilines is 1. The van der Waals surface area contributed by atoms with E-state index >= 15 is 0 Å². The van der Waals surface area contributed by atoms with Gasteiger partial charge in [-0.2, -0.15) is 0 Å². The number of rotatable bonds is 2. The lowest BCUT2D eigenvalue weighted by Gasteiger charge is -2.48. The molecule has 3 heterocycles. The van der Waals surface area contributed by atoms with E-state index in [0.717, 1.165) is 30.8 Å². The maximum atomic E-state index is 13.5. The average molecular weight is 350 g/mol. The Kier molecular flexibility index (Phi) is 2.96. The second-order valence-electron chi connectivity index (χ2n) is 7.91. The third-order valence-electron chi connectivity index (χ3n) is 7.19. The zero-order valence-electron chi connectivity index (χ0n) is 14.8. The number of hydrogen-bond donors (Lipinski definition) is 1. The quantitative estimate of drug-likeness (QED) is 0.505. The van der Waals surface area contributed by atoms with Crippen LogP contribution in [-0.4, -0.2) is 43.0 Å². The standard InChI is InChI=1S/C21H22N2O3/c1-3-19-9-6-11-23-12-10-20(16(19)23)14-7-4-5-8-15(14)22-17(24)21(20,13-19)18(25)26-2/h3-9,16H,1,10-13H2,2H3,(H,22,24)/t16?,19-,20+,21+/m0/s1. The highest BCUT2D eigenvalue weighted by Crippen LogP contribution is 2.71. The normalized spacial score (nSPS) is 39.6. The maximum absolute atomic E-state index is 13.5. The maximum Gasteiger partial charge on any atom is 0.322 e. The van der Waals surface area contributed by atoms with Crippen molar-refractivity contribution in [3.63, 3.8) is 0 Å². The zero-order valence-corrected chi connectivity index (χ0v) is 14.8. The van der Waals surface area contributed by atoms with Crippen LogP contribution in [0.3, 0.4) is 0 Å². The fourth-order valence-electron chi connectivity index (χ4n) is 6.39. The Morgan fingerprint density at radius 1 is 1.42 bits per heavy atom. The first-order valence-corrected chi connectivity index (χ1v) is 9.10. The van der Waals surface area contributed by atoms with Crippen LogP contribution in [0.5, 0.6) is 0 Å². The molecule has 1 saturated heterocycles. The number of para-hydroxylation sites is 1. The van der Waals surface area contributed by atoms with Crippen molar-refractivity contribution < 1.29 is 14.3 Å². The van der Waals surface area contributed by atoms with Crippen molar-refractivity contribution in [2.24, 2.45) is 10.8 Å². The van der Waals surface area contributed by atoms with E-state index in [1.54, 1.807) is 0 Å². The summed E-state index contributed by atoms with van der Waals surface area (Å²) in [5, 5.41) is 3.00. The minimum Gasteiger partial charge on any atom is -0.468 e. The highest BCUT2D eigenvalue weighted by Gasteiger charge is 2.79. The fraction of sp³-hybridized carbons (Fsp3) is 0.429. The summed E-state index contributed by atoms with van der Waals surface area (Å²) in [6.45, 7) is 5.79. The van der Waals surface area contributed by atoms with Gasteiger partial charge in [-0.25, -0.2) is 0 Å². The molecule has 0 bridgehead atoms. The average Bonchev–Trinajstić information content (AvgIpc) is 3.19. The summed E-state index contributed by atoms with van der Waals surface area (Å²) in [6.07, 6.45) is 7.39. The number of carbonyl (C=O) groups is 2. The van der Waals surface area contributed by atoms with Crippen LogP contribution >= 0.6 is 0 Å².